The van der Waals surface area contributed by atoms with Crippen molar-refractivity contribution in [1.29, 1.82) is 0 Å². The first-order valence-corrected chi connectivity index (χ1v) is 20.3. The number of fused-ring (bicyclic) bond motifs is 7. The van der Waals surface area contributed by atoms with Crippen molar-refractivity contribution in [2.24, 2.45) is 62.6 Å². The fraction of sp³-hybridized carbons (Fsp3) is 0.907. The second-order valence-corrected chi connectivity index (χ2v) is 19.5. The van der Waals surface area contributed by atoms with Crippen LogP contribution in [0.2, 0.25) is 0 Å². The van der Waals surface area contributed by atoms with Gasteiger partial charge in [0.2, 0.25) is 0 Å². The van der Waals surface area contributed by atoms with Gasteiger partial charge in [0.1, 0.15) is 12.7 Å². The van der Waals surface area contributed by atoms with Gasteiger partial charge in [-0.2, -0.15) is 0 Å². The summed E-state index contributed by atoms with van der Waals surface area (Å²) in [5.41, 5.74) is 1.92. The number of hydrogen-bond donors (Lipinski definition) is 0. The van der Waals surface area contributed by atoms with Crippen LogP contribution in [0.1, 0.15) is 160 Å². The molecule has 0 radical (unpaired) electrons. The Labute approximate surface area is 308 Å². The number of hydrogen-bond acceptors (Lipinski definition) is 8. The summed E-state index contributed by atoms with van der Waals surface area (Å²) in [6, 6.07) is 0. The maximum atomic E-state index is 12.4. The Morgan fingerprint density at radius 1 is 0.588 bits per heavy atom. The molecule has 0 aromatic heterocycles. The molecule has 8 heteroatoms. The van der Waals surface area contributed by atoms with E-state index in [1.807, 2.05) is 0 Å². The van der Waals surface area contributed by atoms with Gasteiger partial charge in [-0.3, -0.25) is 19.2 Å². The summed E-state index contributed by atoms with van der Waals surface area (Å²) < 4.78 is 22.1. The van der Waals surface area contributed by atoms with E-state index in [1.165, 1.54) is 98.3 Å². The molecule has 0 aromatic rings. The first kappa shape index (κ1) is 40.1. The number of ether oxygens (including phenoxy) is 4. The van der Waals surface area contributed by atoms with E-state index in [4.69, 9.17) is 18.9 Å². The summed E-state index contributed by atoms with van der Waals surface area (Å²) in [5, 5.41) is 0. The molecule has 8 nitrogen and oxygen atoms in total. The third-order valence-electron chi connectivity index (χ3n) is 16.5. The molecule has 0 spiro atoms. The minimum absolute atomic E-state index is 0.305. The zero-order valence-electron chi connectivity index (χ0n) is 33.9. The van der Waals surface area contributed by atoms with E-state index in [9.17, 15) is 19.2 Å². The lowest BCUT2D eigenvalue weighted by Crippen LogP contribution is -2.65. The van der Waals surface area contributed by atoms with Crippen molar-refractivity contribution in [2.75, 3.05) is 6.61 Å². The minimum atomic E-state index is -1.10. The van der Waals surface area contributed by atoms with Gasteiger partial charge in [-0.1, -0.05) is 54.9 Å². The van der Waals surface area contributed by atoms with E-state index >= 15 is 0 Å². The largest absolute Gasteiger partial charge is 0.462 e. The van der Waals surface area contributed by atoms with Crippen LogP contribution in [0.3, 0.4) is 0 Å². The first-order chi connectivity index (χ1) is 23.7. The van der Waals surface area contributed by atoms with Crippen molar-refractivity contribution in [3.05, 3.63) is 0 Å². The molecule has 5 aliphatic rings. The molecular weight excluding hydrogens is 644 g/mol. The number of carbonyl (C=O) groups excluding carboxylic acids is 4. The Balaban J connectivity index is 1.33. The van der Waals surface area contributed by atoms with E-state index in [2.05, 4.69) is 48.5 Å². The maximum Gasteiger partial charge on any atom is 0.303 e. The maximum absolute atomic E-state index is 12.4. The monoisotopic (exact) mass is 715 g/mol. The van der Waals surface area contributed by atoms with Gasteiger partial charge in [-0.15, -0.1) is 0 Å². The number of rotatable bonds is 11. The van der Waals surface area contributed by atoms with Crippen LogP contribution in [-0.4, -0.2) is 48.8 Å². The molecule has 0 heterocycles. The molecule has 5 aliphatic carbocycles. The number of esters is 4. The fourth-order valence-corrected chi connectivity index (χ4v) is 14.4. The molecule has 0 bridgehead atoms. The van der Waals surface area contributed by atoms with E-state index in [0.717, 1.165) is 24.2 Å². The Bertz CT molecular complexity index is 1320. The van der Waals surface area contributed by atoms with Gasteiger partial charge in [-0.05, 0) is 140 Å². The highest BCUT2D eigenvalue weighted by molar-refractivity contribution is 5.68. The molecule has 51 heavy (non-hydrogen) atoms. The summed E-state index contributed by atoms with van der Waals surface area (Å²) in [5.74, 6) is 1.68. The zero-order chi connectivity index (χ0) is 37.7. The molecule has 5 rings (SSSR count). The van der Waals surface area contributed by atoms with Gasteiger partial charge in [0.25, 0.3) is 0 Å². The zero-order valence-corrected chi connectivity index (χ0v) is 33.9. The minimum Gasteiger partial charge on any atom is -0.462 e. The van der Waals surface area contributed by atoms with Crippen LogP contribution < -0.4 is 0 Å². The Morgan fingerprint density at radius 3 is 1.75 bits per heavy atom. The van der Waals surface area contributed by atoms with Crippen molar-refractivity contribution in [3.63, 3.8) is 0 Å². The summed E-state index contributed by atoms with van der Waals surface area (Å²) in [6.45, 7) is 23.0. The Kier molecular flexibility index (Phi) is 11.5. The van der Waals surface area contributed by atoms with Crippen molar-refractivity contribution in [3.8, 4) is 0 Å². The molecule has 0 aromatic carbocycles. The van der Waals surface area contributed by atoms with Crippen LogP contribution in [0, 0.1) is 62.6 Å². The lowest BCUT2D eigenvalue weighted by molar-refractivity contribution is -0.241. The highest BCUT2D eigenvalue weighted by Crippen LogP contribution is 2.78. The first-order valence-electron chi connectivity index (χ1n) is 20.3. The van der Waals surface area contributed by atoms with E-state index < -0.39 is 42.2 Å². The second kappa shape index (κ2) is 14.6. The van der Waals surface area contributed by atoms with Crippen molar-refractivity contribution in [1.82, 2.24) is 0 Å². The lowest BCUT2D eigenvalue weighted by Gasteiger charge is -2.73. The summed E-state index contributed by atoms with van der Waals surface area (Å²) in [7, 11) is 0. The number of carbonyl (C=O) groups is 4. The van der Waals surface area contributed by atoms with E-state index in [-0.39, 0.29) is 6.61 Å². The SMILES string of the molecule is CC(=O)OC[C@H](OC(C)=O)[C@H](OC(C)=O)[C@H](CC[C@@H](C)[C@H]1CC[C@@]2(C)[C@@H]1CC[C@]1(C)[C@@H]2CC[C@@H]2[C@@]3(C)CCCC(C)(C)[C@@H]3CC[C@]21C)OC(C)=O. The van der Waals surface area contributed by atoms with Crippen LogP contribution in [0.25, 0.3) is 0 Å². The van der Waals surface area contributed by atoms with Crippen molar-refractivity contribution >= 4 is 23.9 Å². The second-order valence-electron chi connectivity index (χ2n) is 19.5. The average Bonchev–Trinajstić information content (AvgIpc) is 3.36. The van der Waals surface area contributed by atoms with Gasteiger partial charge in [-0.25, -0.2) is 0 Å². The van der Waals surface area contributed by atoms with E-state index in [1.54, 1.807) is 0 Å². The molecule has 5 saturated carbocycles. The van der Waals surface area contributed by atoms with E-state index in [0.29, 0.717) is 51.2 Å². The van der Waals surface area contributed by atoms with Gasteiger partial charge < -0.3 is 18.9 Å². The molecular formula is C43H70O8. The average molecular weight is 715 g/mol. The summed E-state index contributed by atoms with van der Waals surface area (Å²) >= 11 is 0. The topological polar surface area (TPSA) is 105 Å². The molecule has 0 saturated heterocycles. The highest BCUT2D eigenvalue weighted by Gasteiger charge is 2.70. The summed E-state index contributed by atoms with van der Waals surface area (Å²) in [6.07, 6.45) is 12.8. The van der Waals surface area contributed by atoms with Gasteiger partial charge >= 0.3 is 23.9 Å². The standard InChI is InChI=1S/C43H70O8/c1-26(13-14-33(49-28(3)45)38(51-30(5)47)34(50-29(4)46)25-48-27(2)44)31-17-22-40(8)32(31)18-23-42(10)36(40)15-16-37-41(9)21-12-20-39(6,7)35(41)19-24-43(37,42)11/h26,31-38H,12-25H2,1-11H3/t26-,31-,32-,33+,34+,35+,36-,37-,38-,40+,41+,42-,43-/m1/s1. The van der Waals surface area contributed by atoms with Crippen LogP contribution >= 0.6 is 0 Å². The van der Waals surface area contributed by atoms with Crippen LogP contribution in [0.5, 0.6) is 0 Å². The molecule has 0 aliphatic heterocycles. The highest BCUT2D eigenvalue weighted by atomic mass is 16.6. The van der Waals surface area contributed by atoms with Crippen molar-refractivity contribution < 1.29 is 38.1 Å². The van der Waals surface area contributed by atoms with Gasteiger partial charge in [0.15, 0.2) is 12.2 Å². The Hall–Kier alpha value is -2.12. The molecule has 0 amide bonds. The normalized spacial score (nSPS) is 40.5. The molecule has 5 fully saturated rings. The quantitative estimate of drug-likeness (QED) is 0.154. The predicted octanol–water partition coefficient (Wildman–Crippen LogP) is 9.25. The lowest BCUT2D eigenvalue weighted by atomic mass is 9.32. The van der Waals surface area contributed by atoms with Crippen LogP contribution in [0.4, 0.5) is 0 Å². The smallest absolute Gasteiger partial charge is 0.303 e. The molecule has 13 atom stereocenters. The van der Waals surface area contributed by atoms with Crippen LogP contribution in [0.15, 0.2) is 0 Å². The van der Waals surface area contributed by atoms with Crippen LogP contribution in [-0.2, 0) is 38.1 Å². The Morgan fingerprint density at radius 2 is 1.16 bits per heavy atom. The van der Waals surface area contributed by atoms with Gasteiger partial charge in [0, 0.05) is 27.7 Å². The molecule has 290 valence electrons. The summed E-state index contributed by atoms with van der Waals surface area (Å²) in [4.78, 5) is 48.3. The third-order valence-corrected chi connectivity index (χ3v) is 16.5. The fourth-order valence-electron chi connectivity index (χ4n) is 14.4. The van der Waals surface area contributed by atoms with Crippen molar-refractivity contribution in [2.45, 2.75) is 178 Å². The van der Waals surface area contributed by atoms with Gasteiger partial charge in [0.05, 0.1) is 0 Å². The molecule has 0 unspecified atom stereocenters. The third kappa shape index (κ3) is 7.25. The molecule has 0 N–H and O–H groups in total. The predicted molar refractivity (Wildman–Crippen MR) is 196 cm³/mol.